The van der Waals surface area contributed by atoms with Crippen LogP contribution in [0.25, 0.3) is 0 Å². The third kappa shape index (κ3) is 5.51. The third-order valence-electron chi connectivity index (χ3n) is 6.07. The van der Waals surface area contributed by atoms with Crippen molar-refractivity contribution < 1.29 is 13.2 Å². The number of carbonyl (C=O) groups is 1. The minimum Gasteiger partial charge on any atom is -0.347 e. The van der Waals surface area contributed by atoms with E-state index in [0.717, 1.165) is 16.1 Å². The largest absolute Gasteiger partial charge is 0.347 e. The van der Waals surface area contributed by atoms with Crippen molar-refractivity contribution in [2.24, 2.45) is 0 Å². The van der Waals surface area contributed by atoms with Crippen molar-refractivity contribution in [3.63, 3.8) is 0 Å². The van der Waals surface area contributed by atoms with Gasteiger partial charge < -0.3 is 5.32 Å². The summed E-state index contributed by atoms with van der Waals surface area (Å²) in [7, 11) is -3.59. The van der Waals surface area contributed by atoms with Gasteiger partial charge in [-0.05, 0) is 56.9 Å². The number of benzene rings is 2. The first-order valence-electron chi connectivity index (χ1n) is 11.2. The fourth-order valence-corrected chi connectivity index (χ4v) is 6.96. The summed E-state index contributed by atoms with van der Waals surface area (Å²) >= 11 is 7.60. The predicted octanol–water partition coefficient (Wildman–Crippen LogP) is 5.22. The molecule has 1 N–H and O–H groups in total. The second-order valence-corrected chi connectivity index (χ2v) is 12.1. The second-order valence-electron chi connectivity index (χ2n) is 8.84. The molecule has 3 aromatic rings. The number of halogens is 1. The molecule has 0 bridgehead atoms. The van der Waals surface area contributed by atoms with Crippen molar-refractivity contribution in [1.82, 2.24) is 14.6 Å². The van der Waals surface area contributed by atoms with Crippen LogP contribution in [0.5, 0.6) is 0 Å². The molecule has 34 heavy (non-hydrogen) atoms. The van der Waals surface area contributed by atoms with Gasteiger partial charge in [-0.3, -0.25) is 4.79 Å². The number of nitrogens with one attached hydrogen (secondary N) is 1. The van der Waals surface area contributed by atoms with E-state index in [1.54, 1.807) is 17.5 Å². The van der Waals surface area contributed by atoms with Crippen molar-refractivity contribution in [1.29, 1.82) is 0 Å². The zero-order valence-corrected chi connectivity index (χ0v) is 21.9. The fourth-order valence-electron chi connectivity index (χ4n) is 4.25. The molecule has 4 rings (SSSR count). The molecule has 1 aliphatic heterocycles. The summed E-state index contributed by atoms with van der Waals surface area (Å²) in [6.07, 6.45) is 1.33. The lowest BCUT2D eigenvalue weighted by Crippen LogP contribution is -2.37. The molecular formula is C25H28ClN3O3S2. The number of hydrogen-bond acceptors (Lipinski definition) is 5. The van der Waals surface area contributed by atoms with Crippen molar-refractivity contribution in [2.75, 3.05) is 13.1 Å². The summed E-state index contributed by atoms with van der Waals surface area (Å²) in [5.74, 6) is -0.0584. The Bertz CT molecular complexity index is 1290. The summed E-state index contributed by atoms with van der Waals surface area (Å²) in [5, 5.41) is 6.06. The third-order valence-corrected chi connectivity index (χ3v) is 9.38. The molecule has 1 aliphatic rings. The monoisotopic (exact) mass is 517 g/mol. The van der Waals surface area contributed by atoms with E-state index in [-0.39, 0.29) is 16.7 Å². The van der Waals surface area contributed by atoms with Gasteiger partial charge in [0.15, 0.2) is 0 Å². The van der Waals surface area contributed by atoms with E-state index in [0.29, 0.717) is 43.2 Å². The standard InChI is InChI=1S/C25H28ClN3O3S2/c1-16-10-17(2)12-19(11-16)14-27-24(30)23-15-33-25(28-23)20-6-8-29(9-7-20)34(31,32)21-5-4-18(3)22(26)13-21/h4-5,10-13,15,20H,6-9,14H2,1-3H3,(H,27,30). The summed E-state index contributed by atoms with van der Waals surface area (Å²) < 4.78 is 27.5. The first kappa shape index (κ1) is 24.9. The van der Waals surface area contributed by atoms with Crippen LogP contribution in [0.4, 0.5) is 0 Å². The fraction of sp³-hybridized carbons (Fsp3) is 0.360. The highest BCUT2D eigenvalue weighted by molar-refractivity contribution is 7.89. The maximum atomic E-state index is 13.0. The molecule has 0 spiro atoms. The van der Waals surface area contributed by atoms with Gasteiger partial charge in [0.25, 0.3) is 5.91 Å². The quantitative estimate of drug-likeness (QED) is 0.486. The van der Waals surface area contributed by atoms with Crippen LogP contribution >= 0.6 is 22.9 Å². The number of aromatic nitrogens is 1. The molecule has 6 nitrogen and oxygen atoms in total. The number of piperidine rings is 1. The van der Waals surface area contributed by atoms with Crippen LogP contribution in [0.1, 0.15) is 56.5 Å². The number of carbonyl (C=O) groups excluding carboxylic acids is 1. The van der Waals surface area contributed by atoms with Gasteiger partial charge >= 0.3 is 0 Å². The summed E-state index contributed by atoms with van der Waals surface area (Å²) in [4.78, 5) is 17.4. The zero-order chi connectivity index (χ0) is 24.5. The highest BCUT2D eigenvalue weighted by atomic mass is 35.5. The lowest BCUT2D eigenvalue weighted by Gasteiger charge is -2.30. The molecule has 0 aliphatic carbocycles. The normalized spacial score (nSPS) is 15.4. The van der Waals surface area contributed by atoms with E-state index in [2.05, 4.69) is 28.5 Å². The van der Waals surface area contributed by atoms with Gasteiger partial charge in [0.05, 0.1) is 9.90 Å². The SMILES string of the molecule is Cc1cc(C)cc(CNC(=O)c2csc(C3CCN(S(=O)(=O)c4ccc(C)c(Cl)c4)CC3)n2)c1. The number of hydrogen-bond donors (Lipinski definition) is 1. The van der Waals surface area contributed by atoms with E-state index in [1.807, 2.05) is 20.8 Å². The predicted molar refractivity (Wildman–Crippen MR) is 136 cm³/mol. The van der Waals surface area contributed by atoms with E-state index in [1.165, 1.54) is 32.8 Å². The molecule has 0 atom stereocenters. The molecular weight excluding hydrogens is 490 g/mol. The molecule has 1 saturated heterocycles. The minimum absolute atomic E-state index is 0.138. The lowest BCUT2D eigenvalue weighted by atomic mass is 9.99. The first-order chi connectivity index (χ1) is 16.1. The molecule has 180 valence electrons. The Balaban J connectivity index is 1.35. The number of sulfonamides is 1. The van der Waals surface area contributed by atoms with Crippen LogP contribution in [0.2, 0.25) is 5.02 Å². The van der Waals surface area contributed by atoms with Crippen molar-refractivity contribution in [3.8, 4) is 0 Å². The van der Waals surface area contributed by atoms with Crippen molar-refractivity contribution in [3.05, 3.63) is 79.8 Å². The van der Waals surface area contributed by atoms with Crippen LogP contribution in [0, 0.1) is 20.8 Å². The van der Waals surface area contributed by atoms with E-state index in [4.69, 9.17) is 11.6 Å². The Morgan fingerprint density at radius 3 is 2.44 bits per heavy atom. The van der Waals surface area contributed by atoms with Gasteiger partial charge in [-0.1, -0.05) is 47.0 Å². The average Bonchev–Trinajstić information content (AvgIpc) is 3.29. The molecule has 1 fully saturated rings. The van der Waals surface area contributed by atoms with Gasteiger partial charge in [0.1, 0.15) is 5.69 Å². The second kappa shape index (κ2) is 10.2. The Morgan fingerprint density at radius 2 is 1.79 bits per heavy atom. The lowest BCUT2D eigenvalue weighted by molar-refractivity contribution is 0.0946. The molecule has 1 aromatic heterocycles. The summed E-state index contributed by atoms with van der Waals surface area (Å²) in [6.45, 7) is 7.19. The first-order valence-corrected chi connectivity index (χ1v) is 13.9. The Morgan fingerprint density at radius 1 is 1.12 bits per heavy atom. The minimum atomic E-state index is -3.59. The molecule has 2 aromatic carbocycles. The van der Waals surface area contributed by atoms with Gasteiger partial charge in [-0.15, -0.1) is 11.3 Å². The van der Waals surface area contributed by atoms with E-state index >= 15 is 0 Å². The highest BCUT2D eigenvalue weighted by Crippen LogP contribution is 2.33. The summed E-state index contributed by atoms with van der Waals surface area (Å²) in [5.41, 5.74) is 4.65. The van der Waals surface area contributed by atoms with Crippen molar-refractivity contribution in [2.45, 2.75) is 51.0 Å². The molecule has 1 amide bonds. The Labute approximate surface area is 210 Å². The number of amides is 1. The Hall–Kier alpha value is -2.26. The van der Waals surface area contributed by atoms with Gasteiger partial charge in [0.2, 0.25) is 10.0 Å². The van der Waals surface area contributed by atoms with Crippen LogP contribution in [-0.4, -0.2) is 36.7 Å². The van der Waals surface area contributed by atoms with Crippen LogP contribution in [0.3, 0.4) is 0 Å². The van der Waals surface area contributed by atoms with Gasteiger partial charge in [-0.25, -0.2) is 13.4 Å². The molecule has 0 radical (unpaired) electrons. The molecule has 0 unspecified atom stereocenters. The smallest absolute Gasteiger partial charge is 0.271 e. The molecule has 9 heteroatoms. The number of aryl methyl sites for hydroxylation is 3. The van der Waals surface area contributed by atoms with Gasteiger partial charge in [0, 0.05) is 36.0 Å². The maximum absolute atomic E-state index is 13.0. The van der Waals surface area contributed by atoms with E-state index in [9.17, 15) is 13.2 Å². The van der Waals surface area contributed by atoms with Crippen LogP contribution in [0.15, 0.2) is 46.7 Å². The summed E-state index contributed by atoms with van der Waals surface area (Å²) in [6, 6.07) is 11.1. The molecule has 0 saturated carbocycles. The number of nitrogens with zero attached hydrogens (tertiary/aromatic N) is 2. The zero-order valence-electron chi connectivity index (χ0n) is 19.5. The van der Waals surface area contributed by atoms with Crippen molar-refractivity contribution >= 4 is 38.9 Å². The average molecular weight is 518 g/mol. The number of thiazole rings is 1. The Kier molecular flexibility index (Phi) is 7.42. The molecule has 2 heterocycles. The maximum Gasteiger partial charge on any atom is 0.271 e. The topological polar surface area (TPSA) is 79.4 Å². The van der Waals surface area contributed by atoms with Crippen LogP contribution < -0.4 is 5.32 Å². The highest BCUT2D eigenvalue weighted by Gasteiger charge is 2.31. The van der Waals surface area contributed by atoms with E-state index < -0.39 is 10.0 Å². The number of rotatable bonds is 6. The van der Waals surface area contributed by atoms with Gasteiger partial charge in [-0.2, -0.15) is 4.31 Å². The van der Waals surface area contributed by atoms with Crippen LogP contribution in [-0.2, 0) is 16.6 Å².